The van der Waals surface area contributed by atoms with E-state index in [1.54, 1.807) is 23.1 Å². The summed E-state index contributed by atoms with van der Waals surface area (Å²) >= 11 is 9.34. The van der Waals surface area contributed by atoms with Crippen molar-refractivity contribution in [2.24, 2.45) is 0 Å². The maximum atomic E-state index is 8.66. The molecule has 0 spiro atoms. The minimum atomic E-state index is 0.235. The molecule has 0 saturated carbocycles. The van der Waals surface area contributed by atoms with Crippen LogP contribution in [-0.2, 0) is 5.75 Å². The second-order valence-corrected chi connectivity index (χ2v) is 5.56. The van der Waals surface area contributed by atoms with Crippen LogP contribution in [0.5, 0.6) is 0 Å². The van der Waals surface area contributed by atoms with E-state index in [9.17, 15) is 0 Å². The van der Waals surface area contributed by atoms with Crippen LogP contribution in [0, 0.1) is 0 Å². The summed E-state index contributed by atoms with van der Waals surface area (Å²) in [6.45, 7) is 0.235. The molecule has 2 rings (SSSR count). The van der Waals surface area contributed by atoms with Gasteiger partial charge < -0.3 is 5.11 Å². The molecule has 2 heterocycles. The Morgan fingerprint density at radius 2 is 2.31 bits per heavy atom. The summed E-state index contributed by atoms with van der Waals surface area (Å²) in [6.07, 6.45) is 0.805. The molecule has 3 nitrogen and oxygen atoms in total. The number of thiophene rings is 1. The molecular weight excluding hydrogens is 264 g/mol. The Labute approximate surface area is 107 Å². The molecule has 0 fully saturated rings. The molecule has 6 heteroatoms. The van der Waals surface area contributed by atoms with Gasteiger partial charge in [0.1, 0.15) is 15.8 Å². The lowest BCUT2D eigenvalue weighted by Gasteiger charge is -2.01. The zero-order valence-electron chi connectivity index (χ0n) is 8.52. The Hall–Kier alpha value is -0.360. The minimum Gasteiger partial charge on any atom is -0.396 e. The molecule has 0 bridgehead atoms. The van der Waals surface area contributed by atoms with Crippen molar-refractivity contribution in [1.29, 1.82) is 0 Å². The van der Waals surface area contributed by atoms with E-state index in [0.717, 1.165) is 34.0 Å². The van der Waals surface area contributed by atoms with Crippen LogP contribution in [0.1, 0.15) is 12.2 Å². The van der Waals surface area contributed by atoms with Crippen LogP contribution in [0.2, 0.25) is 5.15 Å². The van der Waals surface area contributed by atoms with Crippen molar-refractivity contribution in [3.05, 3.63) is 22.4 Å². The standard InChI is InChI=1S/C10H11ClN2OS2/c11-9-7-2-5-16-10(7)13-8(12-9)6-15-4-1-3-14/h2,5,14H,1,3-4,6H2. The lowest BCUT2D eigenvalue weighted by Crippen LogP contribution is -1.94. The first-order valence-corrected chi connectivity index (χ1v) is 7.30. The second kappa shape index (κ2) is 5.82. The van der Waals surface area contributed by atoms with Crippen LogP contribution in [0.3, 0.4) is 0 Å². The van der Waals surface area contributed by atoms with Gasteiger partial charge in [-0.1, -0.05) is 11.6 Å². The van der Waals surface area contributed by atoms with Crippen molar-refractivity contribution in [1.82, 2.24) is 9.97 Å². The van der Waals surface area contributed by atoms with Crippen molar-refractivity contribution in [3.8, 4) is 0 Å². The summed E-state index contributed by atoms with van der Waals surface area (Å²) in [4.78, 5) is 9.62. The van der Waals surface area contributed by atoms with Gasteiger partial charge in [-0.15, -0.1) is 11.3 Å². The van der Waals surface area contributed by atoms with E-state index in [2.05, 4.69) is 9.97 Å². The van der Waals surface area contributed by atoms with Crippen molar-refractivity contribution >= 4 is 44.9 Å². The third-order valence-corrected chi connectivity index (χ3v) is 4.14. The number of aliphatic hydroxyl groups is 1. The number of nitrogens with zero attached hydrogens (tertiary/aromatic N) is 2. The molecule has 0 aliphatic rings. The van der Waals surface area contributed by atoms with Gasteiger partial charge in [-0.3, -0.25) is 0 Å². The predicted octanol–water partition coefficient (Wildman–Crippen LogP) is 2.96. The van der Waals surface area contributed by atoms with E-state index >= 15 is 0 Å². The van der Waals surface area contributed by atoms with Gasteiger partial charge in [-0.2, -0.15) is 11.8 Å². The molecule has 16 heavy (non-hydrogen) atoms. The molecule has 0 saturated heterocycles. The van der Waals surface area contributed by atoms with Crippen LogP contribution in [0.4, 0.5) is 0 Å². The van der Waals surface area contributed by atoms with Gasteiger partial charge in [0, 0.05) is 12.0 Å². The number of hydrogen-bond donors (Lipinski definition) is 1. The van der Waals surface area contributed by atoms with E-state index in [1.807, 2.05) is 11.4 Å². The smallest absolute Gasteiger partial charge is 0.141 e. The Morgan fingerprint density at radius 3 is 3.12 bits per heavy atom. The van der Waals surface area contributed by atoms with Gasteiger partial charge in [0.15, 0.2) is 0 Å². The molecule has 0 atom stereocenters. The summed E-state index contributed by atoms with van der Waals surface area (Å²) in [5.74, 6) is 2.43. The molecule has 0 radical (unpaired) electrons. The molecule has 0 aromatic carbocycles. The number of hydrogen-bond acceptors (Lipinski definition) is 5. The number of fused-ring (bicyclic) bond motifs is 1. The first kappa shape index (κ1) is 12.1. The average Bonchev–Trinajstić information content (AvgIpc) is 2.73. The van der Waals surface area contributed by atoms with E-state index < -0.39 is 0 Å². The van der Waals surface area contributed by atoms with Crippen molar-refractivity contribution in [2.45, 2.75) is 12.2 Å². The molecule has 0 aliphatic carbocycles. The number of aliphatic hydroxyl groups excluding tert-OH is 1. The fraction of sp³-hybridized carbons (Fsp3) is 0.400. The molecular formula is C10H11ClN2OS2. The van der Waals surface area contributed by atoms with E-state index in [-0.39, 0.29) is 6.61 Å². The third kappa shape index (κ3) is 2.85. The average molecular weight is 275 g/mol. The van der Waals surface area contributed by atoms with Crippen LogP contribution in [0.25, 0.3) is 10.2 Å². The van der Waals surface area contributed by atoms with Gasteiger partial charge in [-0.05, 0) is 23.6 Å². The monoisotopic (exact) mass is 274 g/mol. The summed E-state index contributed by atoms with van der Waals surface area (Å²) in [5.41, 5.74) is 0. The highest BCUT2D eigenvalue weighted by atomic mass is 35.5. The number of halogens is 1. The van der Waals surface area contributed by atoms with Gasteiger partial charge >= 0.3 is 0 Å². The Kier molecular flexibility index (Phi) is 4.40. The molecule has 0 amide bonds. The van der Waals surface area contributed by atoms with E-state index in [4.69, 9.17) is 16.7 Å². The fourth-order valence-corrected chi connectivity index (χ4v) is 3.13. The third-order valence-electron chi connectivity index (χ3n) is 2.00. The molecule has 0 aliphatic heterocycles. The zero-order valence-corrected chi connectivity index (χ0v) is 10.9. The maximum absolute atomic E-state index is 8.66. The fourth-order valence-electron chi connectivity index (χ4n) is 1.26. The highest BCUT2D eigenvalue weighted by Gasteiger charge is 2.06. The molecule has 0 unspecified atom stereocenters. The lowest BCUT2D eigenvalue weighted by molar-refractivity contribution is 0.296. The summed E-state index contributed by atoms with van der Waals surface area (Å²) < 4.78 is 0. The zero-order chi connectivity index (χ0) is 11.4. The first-order chi connectivity index (χ1) is 7.81. The van der Waals surface area contributed by atoms with Gasteiger partial charge in [-0.25, -0.2) is 9.97 Å². The normalized spacial score (nSPS) is 11.1. The second-order valence-electron chi connectivity index (χ2n) is 3.20. The minimum absolute atomic E-state index is 0.235. The van der Waals surface area contributed by atoms with Crippen LogP contribution in [-0.4, -0.2) is 27.4 Å². The Balaban J connectivity index is 2.06. The molecule has 1 N–H and O–H groups in total. The van der Waals surface area contributed by atoms with Crippen molar-refractivity contribution < 1.29 is 5.11 Å². The lowest BCUT2D eigenvalue weighted by atomic mass is 10.4. The molecule has 2 aromatic heterocycles. The topological polar surface area (TPSA) is 46.0 Å². The largest absolute Gasteiger partial charge is 0.396 e. The number of thioether (sulfide) groups is 1. The van der Waals surface area contributed by atoms with Crippen molar-refractivity contribution in [2.75, 3.05) is 12.4 Å². The molecule has 86 valence electrons. The SMILES string of the molecule is OCCCSCc1nc(Cl)c2ccsc2n1. The summed E-state index contributed by atoms with van der Waals surface area (Å²) in [6, 6.07) is 1.94. The van der Waals surface area contributed by atoms with Crippen molar-refractivity contribution in [3.63, 3.8) is 0 Å². The van der Waals surface area contributed by atoms with Crippen LogP contribution >= 0.6 is 34.7 Å². The van der Waals surface area contributed by atoms with E-state index in [1.165, 1.54) is 0 Å². The molecule has 2 aromatic rings. The maximum Gasteiger partial charge on any atom is 0.141 e. The van der Waals surface area contributed by atoms with Gasteiger partial charge in [0.05, 0.1) is 5.75 Å². The highest BCUT2D eigenvalue weighted by molar-refractivity contribution is 7.98. The number of rotatable bonds is 5. The van der Waals surface area contributed by atoms with Gasteiger partial charge in [0.2, 0.25) is 0 Å². The van der Waals surface area contributed by atoms with Crippen LogP contribution < -0.4 is 0 Å². The summed E-state index contributed by atoms with van der Waals surface area (Å²) in [5, 5.41) is 12.1. The summed E-state index contributed by atoms with van der Waals surface area (Å²) in [7, 11) is 0. The highest BCUT2D eigenvalue weighted by Crippen LogP contribution is 2.25. The number of aromatic nitrogens is 2. The predicted molar refractivity (Wildman–Crippen MR) is 70.3 cm³/mol. The quantitative estimate of drug-likeness (QED) is 0.673. The Bertz CT molecular complexity index is 475. The van der Waals surface area contributed by atoms with Gasteiger partial charge in [0.25, 0.3) is 0 Å². The first-order valence-electron chi connectivity index (χ1n) is 4.89. The Morgan fingerprint density at radius 1 is 1.44 bits per heavy atom. The van der Waals surface area contributed by atoms with Crippen LogP contribution in [0.15, 0.2) is 11.4 Å². The van der Waals surface area contributed by atoms with E-state index in [0.29, 0.717) is 5.15 Å².